The third kappa shape index (κ3) is 4.87. The van der Waals surface area contributed by atoms with Crippen molar-refractivity contribution in [3.63, 3.8) is 0 Å². The average Bonchev–Trinajstić information content (AvgIpc) is 2.45. The van der Waals surface area contributed by atoms with Crippen LogP contribution in [0.1, 0.15) is 19.4 Å². The van der Waals surface area contributed by atoms with Crippen molar-refractivity contribution in [3.05, 3.63) is 35.9 Å². The van der Waals surface area contributed by atoms with Crippen LogP contribution in [0.4, 0.5) is 0 Å². The van der Waals surface area contributed by atoms with E-state index in [1.54, 1.807) is 0 Å². The van der Waals surface area contributed by atoms with E-state index in [4.69, 9.17) is 4.74 Å². The van der Waals surface area contributed by atoms with Crippen LogP contribution in [0.5, 0.6) is 0 Å². The summed E-state index contributed by atoms with van der Waals surface area (Å²) in [5.74, 6) is 0. The fourth-order valence-electron chi connectivity index (χ4n) is 2.28. The molecule has 4 heteroatoms. The summed E-state index contributed by atoms with van der Waals surface area (Å²) in [4.78, 5) is 2.18. The molecular formula is C16H28N2O2. The van der Waals surface area contributed by atoms with Gasteiger partial charge in [0.2, 0.25) is 0 Å². The smallest absolute Gasteiger partial charge is 0.0795 e. The zero-order chi connectivity index (χ0) is 15.0. The maximum atomic E-state index is 9.87. The van der Waals surface area contributed by atoms with Crippen molar-refractivity contribution in [2.75, 3.05) is 40.4 Å². The summed E-state index contributed by atoms with van der Waals surface area (Å²) in [7, 11) is 3.94. The van der Waals surface area contributed by atoms with Crippen LogP contribution in [-0.4, -0.2) is 56.5 Å². The Morgan fingerprint density at radius 1 is 1.30 bits per heavy atom. The van der Waals surface area contributed by atoms with Gasteiger partial charge in [-0.3, -0.25) is 0 Å². The number of benzene rings is 1. The molecule has 0 aliphatic heterocycles. The maximum absolute atomic E-state index is 9.87. The van der Waals surface area contributed by atoms with E-state index in [2.05, 4.69) is 10.2 Å². The molecule has 1 atom stereocenters. The molecule has 0 aromatic heterocycles. The largest absolute Gasteiger partial charge is 0.394 e. The van der Waals surface area contributed by atoms with Gasteiger partial charge >= 0.3 is 0 Å². The van der Waals surface area contributed by atoms with Gasteiger partial charge in [-0.2, -0.15) is 0 Å². The van der Waals surface area contributed by atoms with Gasteiger partial charge < -0.3 is 20.1 Å². The molecule has 20 heavy (non-hydrogen) atoms. The topological polar surface area (TPSA) is 44.7 Å². The normalized spacial score (nSPS) is 14.8. The third-order valence-electron chi connectivity index (χ3n) is 3.54. The van der Waals surface area contributed by atoms with Gasteiger partial charge in [-0.25, -0.2) is 0 Å². The number of aliphatic hydroxyl groups excluding tert-OH is 1. The number of ether oxygens (including phenoxy) is 1. The predicted octanol–water partition coefficient (Wildman–Crippen LogP) is 1.45. The first-order valence-corrected chi connectivity index (χ1v) is 7.19. The van der Waals surface area contributed by atoms with Gasteiger partial charge in [-0.05, 0) is 33.5 Å². The Balaban J connectivity index is 2.67. The standard InChI is InChI=1S/C16H28N2O2/c1-14(2)20-11-10-18(4)12-16(13-19,17-3)15-8-6-5-7-9-15/h5-9,14,17,19H,10-13H2,1-4H3. The number of rotatable bonds is 9. The van der Waals surface area contributed by atoms with Crippen molar-refractivity contribution in [2.24, 2.45) is 0 Å². The Morgan fingerprint density at radius 3 is 2.45 bits per heavy atom. The summed E-state index contributed by atoms with van der Waals surface area (Å²) in [5, 5.41) is 13.2. The van der Waals surface area contributed by atoms with Gasteiger partial charge in [0, 0.05) is 13.1 Å². The highest BCUT2D eigenvalue weighted by Crippen LogP contribution is 2.21. The van der Waals surface area contributed by atoms with Gasteiger partial charge in [0.05, 0.1) is 24.9 Å². The lowest BCUT2D eigenvalue weighted by Gasteiger charge is -2.36. The summed E-state index contributed by atoms with van der Waals surface area (Å²) in [6.45, 7) is 6.40. The van der Waals surface area contributed by atoms with Gasteiger partial charge in [-0.15, -0.1) is 0 Å². The molecule has 1 rings (SSSR count). The van der Waals surface area contributed by atoms with Crippen molar-refractivity contribution in [1.29, 1.82) is 0 Å². The molecule has 0 saturated heterocycles. The van der Waals surface area contributed by atoms with Crippen molar-refractivity contribution >= 4 is 0 Å². The predicted molar refractivity (Wildman–Crippen MR) is 82.9 cm³/mol. The molecule has 114 valence electrons. The zero-order valence-corrected chi connectivity index (χ0v) is 13.1. The van der Waals surface area contributed by atoms with Crippen molar-refractivity contribution < 1.29 is 9.84 Å². The van der Waals surface area contributed by atoms with Crippen LogP contribution in [0.3, 0.4) is 0 Å². The van der Waals surface area contributed by atoms with E-state index >= 15 is 0 Å². The molecule has 0 aliphatic rings. The highest BCUT2D eigenvalue weighted by Gasteiger charge is 2.30. The van der Waals surface area contributed by atoms with Crippen LogP contribution in [0.25, 0.3) is 0 Å². The first-order valence-electron chi connectivity index (χ1n) is 7.19. The van der Waals surface area contributed by atoms with Crippen LogP contribution in [0.2, 0.25) is 0 Å². The number of aliphatic hydroxyl groups is 1. The van der Waals surface area contributed by atoms with Crippen LogP contribution in [-0.2, 0) is 10.3 Å². The fraction of sp³-hybridized carbons (Fsp3) is 0.625. The monoisotopic (exact) mass is 280 g/mol. The van der Waals surface area contributed by atoms with Crippen LogP contribution in [0, 0.1) is 0 Å². The summed E-state index contributed by atoms with van der Waals surface area (Å²) in [5.41, 5.74) is 0.662. The molecule has 0 fully saturated rings. The van der Waals surface area contributed by atoms with E-state index in [9.17, 15) is 5.11 Å². The van der Waals surface area contributed by atoms with E-state index < -0.39 is 5.54 Å². The molecule has 0 saturated carbocycles. The first kappa shape index (κ1) is 17.1. The molecule has 1 unspecified atom stereocenters. The number of nitrogens with zero attached hydrogens (tertiary/aromatic N) is 1. The van der Waals surface area contributed by atoms with E-state index in [0.29, 0.717) is 6.61 Å². The Hall–Kier alpha value is -0.940. The van der Waals surface area contributed by atoms with E-state index in [-0.39, 0.29) is 12.7 Å². The number of likely N-dealkylation sites (N-methyl/N-ethyl adjacent to an activating group) is 2. The second kappa shape index (κ2) is 8.37. The van der Waals surface area contributed by atoms with Crippen LogP contribution >= 0.6 is 0 Å². The second-order valence-electron chi connectivity index (χ2n) is 5.51. The van der Waals surface area contributed by atoms with Crippen molar-refractivity contribution in [3.8, 4) is 0 Å². The maximum Gasteiger partial charge on any atom is 0.0795 e. The van der Waals surface area contributed by atoms with Crippen molar-refractivity contribution in [2.45, 2.75) is 25.5 Å². The van der Waals surface area contributed by atoms with Crippen LogP contribution in [0.15, 0.2) is 30.3 Å². The number of nitrogens with one attached hydrogen (secondary N) is 1. The Bertz CT molecular complexity index is 364. The minimum Gasteiger partial charge on any atom is -0.394 e. The summed E-state index contributed by atoms with van der Waals surface area (Å²) < 4.78 is 5.58. The van der Waals surface area contributed by atoms with Gasteiger partial charge in [0.1, 0.15) is 0 Å². The Kier molecular flexibility index (Phi) is 7.16. The molecule has 0 amide bonds. The van der Waals surface area contributed by atoms with E-state index in [1.165, 1.54) is 0 Å². The van der Waals surface area contributed by atoms with Gasteiger partial charge in [-0.1, -0.05) is 30.3 Å². The average molecular weight is 280 g/mol. The molecule has 0 heterocycles. The number of hydrogen-bond donors (Lipinski definition) is 2. The summed E-state index contributed by atoms with van der Waals surface area (Å²) in [6, 6.07) is 10.1. The molecule has 1 aromatic carbocycles. The molecule has 1 aromatic rings. The molecule has 2 N–H and O–H groups in total. The zero-order valence-electron chi connectivity index (χ0n) is 13.1. The minimum absolute atomic E-state index is 0.0584. The number of hydrogen-bond acceptors (Lipinski definition) is 4. The summed E-state index contributed by atoms with van der Waals surface area (Å²) in [6.07, 6.45) is 0.254. The van der Waals surface area contributed by atoms with E-state index in [1.807, 2.05) is 58.3 Å². The molecule has 0 spiro atoms. The lowest BCUT2D eigenvalue weighted by Crippen LogP contribution is -2.52. The lowest BCUT2D eigenvalue weighted by molar-refractivity contribution is 0.0520. The lowest BCUT2D eigenvalue weighted by atomic mass is 9.90. The van der Waals surface area contributed by atoms with Gasteiger partial charge in [0.15, 0.2) is 0 Å². The molecule has 0 aliphatic carbocycles. The Labute approximate surface area is 122 Å². The quantitative estimate of drug-likeness (QED) is 0.719. The highest BCUT2D eigenvalue weighted by atomic mass is 16.5. The molecule has 4 nitrogen and oxygen atoms in total. The molecular weight excluding hydrogens is 252 g/mol. The van der Waals surface area contributed by atoms with Crippen molar-refractivity contribution in [1.82, 2.24) is 10.2 Å². The fourth-order valence-corrected chi connectivity index (χ4v) is 2.28. The van der Waals surface area contributed by atoms with Crippen LogP contribution < -0.4 is 5.32 Å². The van der Waals surface area contributed by atoms with E-state index in [0.717, 1.165) is 18.7 Å². The third-order valence-corrected chi connectivity index (χ3v) is 3.54. The highest BCUT2D eigenvalue weighted by molar-refractivity contribution is 5.25. The summed E-state index contributed by atoms with van der Waals surface area (Å²) >= 11 is 0. The minimum atomic E-state index is -0.437. The SMILES string of the molecule is CNC(CO)(CN(C)CCOC(C)C)c1ccccc1. The molecule has 0 radical (unpaired) electrons. The van der Waals surface area contributed by atoms with Gasteiger partial charge in [0.25, 0.3) is 0 Å². The Morgan fingerprint density at radius 2 is 1.95 bits per heavy atom. The first-order chi connectivity index (χ1) is 9.54. The molecule has 0 bridgehead atoms. The second-order valence-corrected chi connectivity index (χ2v) is 5.51.